The van der Waals surface area contributed by atoms with Gasteiger partial charge in [0.25, 0.3) is 0 Å². The van der Waals surface area contributed by atoms with E-state index < -0.39 is 0 Å². The summed E-state index contributed by atoms with van der Waals surface area (Å²) in [7, 11) is 0. The molecule has 0 bridgehead atoms. The quantitative estimate of drug-likeness (QED) is 0.554. The standard InChI is InChI=1S/C7H15N.C2H4/c1-6(2)8-7(3,4)5;1-2/h8H,1H2,2-5H3;1-2H2. The third-order valence-electron chi connectivity index (χ3n) is 0.588. The second-order valence-electron chi connectivity index (χ2n) is 3.16. The molecule has 1 nitrogen and oxygen atoms in total. The van der Waals surface area contributed by atoms with Crippen molar-refractivity contribution >= 4 is 0 Å². The normalized spacial score (nSPS) is 9.20. The first-order valence-electron chi connectivity index (χ1n) is 3.35. The average Bonchev–Trinajstić information content (AvgIpc) is 1.64. The summed E-state index contributed by atoms with van der Waals surface area (Å²) in [6.07, 6.45) is 0. The maximum Gasteiger partial charge on any atom is 0.0286 e. The van der Waals surface area contributed by atoms with E-state index in [0.717, 1.165) is 5.70 Å². The fourth-order valence-corrected chi connectivity index (χ4v) is 0.640. The van der Waals surface area contributed by atoms with E-state index in [4.69, 9.17) is 0 Å². The summed E-state index contributed by atoms with van der Waals surface area (Å²) in [5.74, 6) is 0. The minimum absolute atomic E-state index is 0.172. The van der Waals surface area contributed by atoms with Crippen LogP contribution in [0.15, 0.2) is 25.4 Å². The van der Waals surface area contributed by atoms with Gasteiger partial charge in [-0.25, -0.2) is 0 Å². The maximum atomic E-state index is 3.73. The first-order chi connectivity index (χ1) is 4.42. The van der Waals surface area contributed by atoms with Crippen molar-refractivity contribution in [3.05, 3.63) is 25.4 Å². The van der Waals surface area contributed by atoms with Gasteiger partial charge >= 0.3 is 0 Å². The zero-order valence-corrected chi connectivity index (χ0v) is 7.62. The highest BCUT2D eigenvalue weighted by Gasteiger charge is 2.06. The first-order valence-corrected chi connectivity index (χ1v) is 3.35. The predicted octanol–water partition coefficient (Wildman–Crippen LogP) is 2.71. The Morgan fingerprint density at radius 1 is 1.20 bits per heavy atom. The van der Waals surface area contributed by atoms with Crippen LogP contribution in [0.4, 0.5) is 0 Å². The molecule has 0 heterocycles. The Morgan fingerprint density at radius 3 is 1.50 bits per heavy atom. The molecule has 0 aromatic carbocycles. The molecule has 0 aliphatic rings. The molecule has 10 heavy (non-hydrogen) atoms. The topological polar surface area (TPSA) is 12.0 Å². The maximum absolute atomic E-state index is 3.73. The SMILES string of the molecule is C=C.C=C(C)NC(C)(C)C. The molecular formula is C9H19N. The fraction of sp³-hybridized carbons (Fsp3) is 0.556. The number of nitrogens with one attached hydrogen (secondary N) is 1. The van der Waals surface area contributed by atoms with Gasteiger partial charge in [0.15, 0.2) is 0 Å². The molecule has 1 heteroatoms. The van der Waals surface area contributed by atoms with Crippen LogP contribution in [0.3, 0.4) is 0 Å². The van der Waals surface area contributed by atoms with Crippen molar-refractivity contribution in [2.75, 3.05) is 0 Å². The van der Waals surface area contributed by atoms with Gasteiger partial charge in [-0.1, -0.05) is 6.58 Å². The molecular weight excluding hydrogens is 122 g/mol. The van der Waals surface area contributed by atoms with Crippen molar-refractivity contribution < 1.29 is 0 Å². The molecule has 0 aliphatic heterocycles. The Kier molecular flexibility index (Phi) is 6.12. The highest BCUT2D eigenvalue weighted by molar-refractivity contribution is 4.90. The van der Waals surface area contributed by atoms with Gasteiger partial charge in [0, 0.05) is 11.2 Å². The fourth-order valence-electron chi connectivity index (χ4n) is 0.640. The van der Waals surface area contributed by atoms with E-state index in [-0.39, 0.29) is 5.54 Å². The van der Waals surface area contributed by atoms with Gasteiger partial charge in [-0.15, -0.1) is 13.2 Å². The second kappa shape index (κ2) is 5.10. The second-order valence-corrected chi connectivity index (χ2v) is 3.16. The van der Waals surface area contributed by atoms with Crippen LogP contribution in [0, 0.1) is 0 Å². The van der Waals surface area contributed by atoms with E-state index in [2.05, 4.69) is 45.8 Å². The number of allylic oxidation sites excluding steroid dienone is 1. The summed E-state index contributed by atoms with van der Waals surface area (Å²) in [6.45, 7) is 18.0. The summed E-state index contributed by atoms with van der Waals surface area (Å²) in [5.41, 5.74) is 1.20. The largest absolute Gasteiger partial charge is 0.384 e. The summed E-state index contributed by atoms with van der Waals surface area (Å²) < 4.78 is 0. The molecule has 0 amide bonds. The lowest BCUT2D eigenvalue weighted by Crippen LogP contribution is -2.33. The van der Waals surface area contributed by atoms with Crippen LogP contribution in [0.2, 0.25) is 0 Å². The van der Waals surface area contributed by atoms with Crippen LogP contribution < -0.4 is 5.32 Å². The van der Waals surface area contributed by atoms with Crippen LogP contribution in [0.5, 0.6) is 0 Å². The van der Waals surface area contributed by atoms with Crippen LogP contribution in [-0.4, -0.2) is 5.54 Å². The summed E-state index contributed by atoms with van der Waals surface area (Å²) >= 11 is 0. The Labute approximate surface area is 64.8 Å². The molecule has 0 rings (SSSR count). The van der Waals surface area contributed by atoms with Gasteiger partial charge in [0.1, 0.15) is 0 Å². The molecule has 0 atom stereocenters. The highest BCUT2D eigenvalue weighted by Crippen LogP contribution is 2.00. The molecule has 0 spiro atoms. The van der Waals surface area contributed by atoms with Gasteiger partial charge in [-0.2, -0.15) is 0 Å². The van der Waals surface area contributed by atoms with E-state index in [1.165, 1.54) is 0 Å². The van der Waals surface area contributed by atoms with Crippen molar-refractivity contribution in [2.24, 2.45) is 0 Å². The monoisotopic (exact) mass is 141 g/mol. The predicted molar refractivity (Wildman–Crippen MR) is 49.0 cm³/mol. The Bertz CT molecular complexity index is 97.8. The summed E-state index contributed by atoms with van der Waals surface area (Å²) in [6, 6.07) is 0. The zero-order chi connectivity index (χ0) is 8.78. The van der Waals surface area contributed by atoms with Crippen molar-refractivity contribution in [2.45, 2.75) is 33.2 Å². The van der Waals surface area contributed by atoms with Crippen LogP contribution in [-0.2, 0) is 0 Å². The molecule has 0 unspecified atom stereocenters. The molecule has 0 saturated heterocycles. The third kappa shape index (κ3) is 15.7. The first kappa shape index (κ1) is 12.0. The minimum Gasteiger partial charge on any atom is -0.384 e. The smallest absolute Gasteiger partial charge is 0.0286 e. The van der Waals surface area contributed by atoms with Gasteiger partial charge in [0.2, 0.25) is 0 Å². The van der Waals surface area contributed by atoms with Crippen LogP contribution in [0.1, 0.15) is 27.7 Å². The van der Waals surface area contributed by atoms with E-state index >= 15 is 0 Å². The van der Waals surface area contributed by atoms with Gasteiger partial charge in [0.05, 0.1) is 0 Å². The average molecular weight is 141 g/mol. The van der Waals surface area contributed by atoms with Crippen molar-refractivity contribution in [1.82, 2.24) is 5.32 Å². The van der Waals surface area contributed by atoms with E-state index in [1.807, 2.05) is 6.92 Å². The van der Waals surface area contributed by atoms with Crippen molar-refractivity contribution in [3.8, 4) is 0 Å². The summed E-state index contributed by atoms with van der Waals surface area (Å²) in [4.78, 5) is 0. The molecule has 0 aliphatic carbocycles. The summed E-state index contributed by atoms with van der Waals surface area (Å²) in [5, 5.41) is 3.19. The van der Waals surface area contributed by atoms with Crippen molar-refractivity contribution in [1.29, 1.82) is 0 Å². The van der Waals surface area contributed by atoms with E-state index in [0.29, 0.717) is 0 Å². The van der Waals surface area contributed by atoms with E-state index in [1.54, 1.807) is 0 Å². The Morgan fingerprint density at radius 2 is 1.50 bits per heavy atom. The zero-order valence-electron chi connectivity index (χ0n) is 7.62. The minimum atomic E-state index is 0.172. The van der Waals surface area contributed by atoms with Gasteiger partial charge in [-0.3, -0.25) is 0 Å². The molecule has 0 radical (unpaired) electrons. The molecule has 0 fully saturated rings. The molecule has 60 valence electrons. The molecule has 0 aromatic rings. The lowest BCUT2D eigenvalue weighted by atomic mass is 10.1. The number of hydrogen-bond acceptors (Lipinski definition) is 1. The van der Waals surface area contributed by atoms with Crippen LogP contribution in [0.25, 0.3) is 0 Å². The van der Waals surface area contributed by atoms with Crippen molar-refractivity contribution in [3.63, 3.8) is 0 Å². The molecule has 0 aromatic heterocycles. The molecule has 0 saturated carbocycles. The van der Waals surface area contributed by atoms with Gasteiger partial charge in [-0.05, 0) is 27.7 Å². The Balaban J connectivity index is 0. The lowest BCUT2D eigenvalue weighted by molar-refractivity contribution is 0.474. The van der Waals surface area contributed by atoms with E-state index in [9.17, 15) is 0 Å². The van der Waals surface area contributed by atoms with Gasteiger partial charge < -0.3 is 5.32 Å². The highest BCUT2D eigenvalue weighted by atomic mass is 14.9. The number of hydrogen-bond donors (Lipinski definition) is 1. The van der Waals surface area contributed by atoms with Crippen LogP contribution >= 0.6 is 0 Å². The Hall–Kier alpha value is -0.720. The third-order valence-corrected chi connectivity index (χ3v) is 0.588. The number of rotatable bonds is 1. The lowest BCUT2D eigenvalue weighted by Gasteiger charge is -2.21. The molecule has 1 N–H and O–H groups in total.